The topological polar surface area (TPSA) is 66.5 Å². The molecule has 1 aliphatic rings. The fourth-order valence-corrected chi connectivity index (χ4v) is 2.32. The highest BCUT2D eigenvalue weighted by Gasteiger charge is 2.13. The molecule has 6 nitrogen and oxygen atoms in total. The van der Waals surface area contributed by atoms with E-state index in [0.29, 0.717) is 12.1 Å². The van der Waals surface area contributed by atoms with E-state index in [1.54, 1.807) is 12.4 Å². The largest absolute Gasteiger partial charge is 0.379 e. The van der Waals surface area contributed by atoms with Crippen LogP contribution in [0.15, 0.2) is 18.5 Å². The van der Waals surface area contributed by atoms with Crippen LogP contribution in [0, 0.1) is 0 Å². The Kier molecular flexibility index (Phi) is 5.74. The van der Waals surface area contributed by atoms with Gasteiger partial charge in [-0.25, -0.2) is 0 Å². The van der Waals surface area contributed by atoms with Gasteiger partial charge in [0.15, 0.2) is 0 Å². The van der Waals surface area contributed by atoms with Gasteiger partial charge < -0.3 is 15.4 Å². The highest BCUT2D eigenvalue weighted by molar-refractivity contribution is 5.94. The Balaban J connectivity index is 1.82. The summed E-state index contributed by atoms with van der Waals surface area (Å²) in [6, 6.07) is 1.84. The minimum absolute atomic E-state index is 0.0624. The Morgan fingerprint density at radius 1 is 1.32 bits per heavy atom. The molecule has 2 N–H and O–H groups in total. The first-order valence-corrected chi connectivity index (χ1v) is 7.75. The smallest absolute Gasteiger partial charge is 0.252 e. The Labute approximate surface area is 132 Å². The van der Waals surface area contributed by atoms with Gasteiger partial charge in [0.1, 0.15) is 0 Å². The molecular weight excluding hydrogens is 280 g/mol. The average molecular weight is 306 g/mol. The van der Waals surface area contributed by atoms with E-state index in [2.05, 4.69) is 41.3 Å². The summed E-state index contributed by atoms with van der Waals surface area (Å²) in [6.45, 7) is 11.1. The third kappa shape index (κ3) is 5.61. The fourth-order valence-electron chi connectivity index (χ4n) is 2.32. The van der Waals surface area contributed by atoms with Gasteiger partial charge in [0.2, 0.25) is 0 Å². The molecule has 2 rings (SSSR count). The van der Waals surface area contributed by atoms with Crippen LogP contribution in [0.1, 0.15) is 31.1 Å². The van der Waals surface area contributed by atoms with Gasteiger partial charge in [0.25, 0.3) is 5.91 Å². The van der Waals surface area contributed by atoms with Crippen molar-refractivity contribution in [1.29, 1.82) is 0 Å². The Hall–Kier alpha value is -1.66. The van der Waals surface area contributed by atoms with Crippen molar-refractivity contribution in [3.05, 3.63) is 24.0 Å². The summed E-state index contributed by atoms with van der Waals surface area (Å²) in [5.74, 6) is -0.0849. The molecule has 0 spiro atoms. The van der Waals surface area contributed by atoms with E-state index in [0.717, 1.165) is 38.5 Å². The molecule has 1 aromatic rings. The zero-order chi connectivity index (χ0) is 16.0. The maximum atomic E-state index is 12.2. The molecule has 0 radical (unpaired) electrons. The van der Waals surface area contributed by atoms with E-state index >= 15 is 0 Å². The van der Waals surface area contributed by atoms with Gasteiger partial charge in [0.05, 0.1) is 24.5 Å². The predicted octanol–water partition coefficient (Wildman–Crippen LogP) is 1.35. The standard InChI is InChI=1S/C16H26N4O2/c1-16(2,3)19-14-10-13(11-17-12-14)15(21)18-4-5-20-6-8-22-9-7-20/h10-12,19H,4-9H2,1-3H3,(H,18,21). The number of pyridine rings is 1. The van der Waals surface area contributed by atoms with Crippen LogP contribution in [-0.2, 0) is 4.74 Å². The number of rotatable bonds is 5. The minimum atomic E-state index is -0.0849. The van der Waals surface area contributed by atoms with Crippen LogP contribution in [0.3, 0.4) is 0 Å². The molecule has 0 atom stereocenters. The quantitative estimate of drug-likeness (QED) is 0.860. The summed E-state index contributed by atoms with van der Waals surface area (Å²) in [5, 5.41) is 6.27. The van der Waals surface area contributed by atoms with Crippen LogP contribution >= 0.6 is 0 Å². The molecule has 1 amide bonds. The lowest BCUT2D eigenvalue weighted by molar-refractivity contribution is 0.0383. The fraction of sp³-hybridized carbons (Fsp3) is 0.625. The molecule has 0 saturated carbocycles. The van der Waals surface area contributed by atoms with E-state index in [1.165, 1.54) is 0 Å². The first kappa shape index (κ1) is 16.7. The maximum Gasteiger partial charge on any atom is 0.252 e. The van der Waals surface area contributed by atoms with Crippen molar-refractivity contribution in [3.63, 3.8) is 0 Å². The molecule has 122 valence electrons. The molecule has 0 bridgehead atoms. The molecule has 1 fully saturated rings. The molecule has 1 aromatic heterocycles. The first-order chi connectivity index (χ1) is 10.4. The SMILES string of the molecule is CC(C)(C)Nc1cncc(C(=O)NCCN2CCOCC2)c1. The molecule has 1 saturated heterocycles. The van der Waals surface area contributed by atoms with Gasteiger partial charge in [-0.3, -0.25) is 14.7 Å². The lowest BCUT2D eigenvalue weighted by Gasteiger charge is -2.26. The van der Waals surface area contributed by atoms with Gasteiger partial charge in [0, 0.05) is 44.1 Å². The lowest BCUT2D eigenvalue weighted by atomic mass is 10.1. The van der Waals surface area contributed by atoms with E-state index < -0.39 is 0 Å². The number of ether oxygens (including phenoxy) is 1. The Morgan fingerprint density at radius 3 is 2.73 bits per heavy atom. The second kappa shape index (κ2) is 7.56. The zero-order valence-corrected chi connectivity index (χ0v) is 13.7. The van der Waals surface area contributed by atoms with E-state index in [4.69, 9.17) is 4.74 Å². The van der Waals surface area contributed by atoms with Crippen molar-refractivity contribution in [2.75, 3.05) is 44.7 Å². The monoisotopic (exact) mass is 306 g/mol. The number of anilines is 1. The van der Waals surface area contributed by atoms with Gasteiger partial charge in [-0.05, 0) is 26.8 Å². The molecular formula is C16H26N4O2. The van der Waals surface area contributed by atoms with E-state index in [-0.39, 0.29) is 11.4 Å². The van der Waals surface area contributed by atoms with Crippen molar-refractivity contribution in [3.8, 4) is 0 Å². The van der Waals surface area contributed by atoms with Gasteiger partial charge in [-0.15, -0.1) is 0 Å². The van der Waals surface area contributed by atoms with E-state index in [1.807, 2.05) is 6.07 Å². The number of amides is 1. The van der Waals surface area contributed by atoms with Gasteiger partial charge in [-0.2, -0.15) is 0 Å². The summed E-state index contributed by atoms with van der Waals surface area (Å²) < 4.78 is 5.31. The summed E-state index contributed by atoms with van der Waals surface area (Å²) in [7, 11) is 0. The summed E-state index contributed by atoms with van der Waals surface area (Å²) >= 11 is 0. The molecule has 0 unspecified atom stereocenters. The van der Waals surface area contributed by atoms with Crippen molar-refractivity contribution in [2.45, 2.75) is 26.3 Å². The van der Waals surface area contributed by atoms with Crippen molar-refractivity contribution in [2.24, 2.45) is 0 Å². The van der Waals surface area contributed by atoms with Crippen LogP contribution in [0.4, 0.5) is 5.69 Å². The molecule has 2 heterocycles. The number of hydrogen-bond donors (Lipinski definition) is 2. The molecule has 22 heavy (non-hydrogen) atoms. The van der Waals surface area contributed by atoms with Crippen LogP contribution < -0.4 is 10.6 Å². The highest BCUT2D eigenvalue weighted by atomic mass is 16.5. The number of aromatic nitrogens is 1. The van der Waals surface area contributed by atoms with Crippen LogP contribution in [-0.4, -0.2) is 60.7 Å². The number of nitrogens with zero attached hydrogens (tertiary/aromatic N) is 2. The molecule has 6 heteroatoms. The van der Waals surface area contributed by atoms with Crippen LogP contribution in [0.25, 0.3) is 0 Å². The highest BCUT2D eigenvalue weighted by Crippen LogP contribution is 2.14. The molecule has 1 aliphatic heterocycles. The Bertz CT molecular complexity index is 493. The summed E-state index contributed by atoms with van der Waals surface area (Å²) in [6.07, 6.45) is 3.33. The van der Waals surface area contributed by atoms with Crippen LogP contribution in [0.2, 0.25) is 0 Å². The number of nitrogens with one attached hydrogen (secondary N) is 2. The minimum Gasteiger partial charge on any atom is -0.379 e. The zero-order valence-electron chi connectivity index (χ0n) is 13.7. The maximum absolute atomic E-state index is 12.2. The number of carbonyl (C=O) groups excluding carboxylic acids is 1. The van der Waals surface area contributed by atoms with Crippen LogP contribution in [0.5, 0.6) is 0 Å². The molecule has 0 aliphatic carbocycles. The second-order valence-corrected chi connectivity index (χ2v) is 6.55. The van der Waals surface area contributed by atoms with Crippen molar-refractivity contribution >= 4 is 11.6 Å². The second-order valence-electron chi connectivity index (χ2n) is 6.55. The lowest BCUT2D eigenvalue weighted by Crippen LogP contribution is -2.41. The third-order valence-electron chi connectivity index (χ3n) is 3.34. The van der Waals surface area contributed by atoms with Gasteiger partial charge >= 0.3 is 0 Å². The number of morpholine rings is 1. The van der Waals surface area contributed by atoms with Gasteiger partial charge in [-0.1, -0.05) is 0 Å². The molecule has 0 aromatic carbocycles. The summed E-state index contributed by atoms with van der Waals surface area (Å²) in [5.41, 5.74) is 1.37. The first-order valence-electron chi connectivity index (χ1n) is 7.75. The van der Waals surface area contributed by atoms with Crippen molar-refractivity contribution < 1.29 is 9.53 Å². The Morgan fingerprint density at radius 2 is 2.05 bits per heavy atom. The third-order valence-corrected chi connectivity index (χ3v) is 3.34. The normalized spacial score (nSPS) is 16.3. The number of carbonyl (C=O) groups is 1. The van der Waals surface area contributed by atoms with Crippen molar-refractivity contribution in [1.82, 2.24) is 15.2 Å². The average Bonchev–Trinajstić information content (AvgIpc) is 2.47. The number of hydrogen-bond acceptors (Lipinski definition) is 5. The predicted molar refractivity (Wildman–Crippen MR) is 87.2 cm³/mol. The van der Waals surface area contributed by atoms with E-state index in [9.17, 15) is 4.79 Å². The summed E-state index contributed by atoms with van der Waals surface area (Å²) in [4.78, 5) is 18.6.